The standard InChI is InChI=1S/C13H10ClN3S/c14-10-5-8(15)1-3-11(10)17-9-2-4-12-13(6-9)18-7-16-12/h1-7,17H,15H2. The van der Waals surface area contributed by atoms with E-state index in [-0.39, 0.29) is 0 Å². The maximum Gasteiger partial charge on any atom is 0.0813 e. The fourth-order valence-corrected chi connectivity index (χ4v) is 2.67. The molecule has 2 aromatic carbocycles. The summed E-state index contributed by atoms with van der Waals surface area (Å²) in [6.45, 7) is 0. The van der Waals surface area contributed by atoms with E-state index >= 15 is 0 Å². The lowest BCUT2D eigenvalue weighted by Crippen LogP contribution is -1.92. The van der Waals surface area contributed by atoms with Crippen LogP contribution in [0.25, 0.3) is 10.2 Å². The molecule has 3 rings (SSSR count). The molecule has 0 aliphatic heterocycles. The van der Waals surface area contributed by atoms with E-state index in [1.165, 1.54) is 0 Å². The molecule has 0 spiro atoms. The first kappa shape index (κ1) is 11.3. The monoisotopic (exact) mass is 275 g/mol. The topological polar surface area (TPSA) is 50.9 Å². The molecule has 3 N–H and O–H groups in total. The molecule has 18 heavy (non-hydrogen) atoms. The van der Waals surface area contributed by atoms with Crippen molar-refractivity contribution in [2.75, 3.05) is 11.1 Å². The molecule has 1 heterocycles. The fourth-order valence-electron chi connectivity index (χ4n) is 1.72. The summed E-state index contributed by atoms with van der Waals surface area (Å²) in [6.07, 6.45) is 0. The first-order valence-electron chi connectivity index (χ1n) is 5.38. The van der Waals surface area contributed by atoms with Crippen LogP contribution in [0.2, 0.25) is 5.02 Å². The number of rotatable bonds is 2. The highest BCUT2D eigenvalue weighted by Gasteiger charge is 2.03. The third-order valence-electron chi connectivity index (χ3n) is 2.60. The molecule has 0 saturated heterocycles. The molecule has 1 aromatic heterocycles. The molecule has 5 heteroatoms. The van der Waals surface area contributed by atoms with Gasteiger partial charge in [-0.1, -0.05) is 11.6 Å². The molecule has 0 bridgehead atoms. The van der Waals surface area contributed by atoms with Gasteiger partial charge in [-0.05, 0) is 36.4 Å². The van der Waals surface area contributed by atoms with Gasteiger partial charge in [-0.25, -0.2) is 4.98 Å². The van der Waals surface area contributed by atoms with Gasteiger partial charge in [-0.15, -0.1) is 11.3 Å². The highest BCUT2D eigenvalue weighted by molar-refractivity contribution is 7.16. The summed E-state index contributed by atoms with van der Waals surface area (Å²) in [6, 6.07) is 11.4. The fraction of sp³-hybridized carbons (Fsp3) is 0. The van der Waals surface area contributed by atoms with Crippen LogP contribution in [0, 0.1) is 0 Å². The largest absolute Gasteiger partial charge is 0.399 e. The van der Waals surface area contributed by atoms with Crippen LogP contribution in [0.3, 0.4) is 0 Å². The zero-order valence-corrected chi connectivity index (χ0v) is 10.9. The number of benzene rings is 2. The molecule has 0 aliphatic carbocycles. The van der Waals surface area contributed by atoms with Gasteiger partial charge in [0.25, 0.3) is 0 Å². The Kier molecular flexibility index (Phi) is 2.81. The van der Waals surface area contributed by atoms with Gasteiger partial charge in [0, 0.05) is 11.4 Å². The van der Waals surface area contributed by atoms with E-state index in [1.807, 2.05) is 29.8 Å². The zero-order valence-electron chi connectivity index (χ0n) is 9.35. The molecule has 0 fully saturated rings. The molecule has 90 valence electrons. The number of hydrogen-bond donors (Lipinski definition) is 2. The number of nitrogens with one attached hydrogen (secondary N) is 1. The normalized spacial score (nSPS) is 10.7. The molecule has 0 amide bonds. The van der Waals surface area contributed by atoms with Crippen molar-refractivity contribution in [2.45, 2.75) is 0 Å². The van der Waals surface area contributed by atoms with Crippen LogP contribution in [0.1, 0.15) is 0 Å². The van der Waals surface area contributed by atoms with Crippen LogP contribution in [-0.2, 0) is 0 Å². The van der Waals surface area contributed by atoms with Gasteiger partial charge in [0.15, 0.2) is 0 Å². The minimum Gasteiger partial charge on any atom is -0.399 e. The van der Waals surface area contributed by atoms with Crippen molar-refractivity contribution in [3.05, 3.63) is 46.9 Å². The molecule has 0 radical (unpaired) electrons. The van der Waals surface area contributed by atoms with Crippen molar-refractivity contribution in [2.24, 2.45) is 0 Å². The highest BCUT2D eigenvalue weighted by atomic mass is 35.5. The average Bonchev–Trinajstić information content (AvgIpc) is 2.80. The quantitative estimate of drug-likeness (QED) is 0.687. The minimum absolute atomic E-state index is 0.611. The summed E-state index contributed by atoms with van der Waals surface area (Å²) in [5, 5.41) is 3.88. The van der Waals surface area contributed by atoms with Gasteiger partial charge in [0.05, 0.1) is 26.4 Å². The van der Waals surface area contributed by atoms with E-state index in [0.717, 1.165) is 21.6 Å². The van der Waals surface area contributed by atoms with Gasteiger partial charge in [-0.3, -0.25) is 0 Å². The number of halogens is 1. The molecule has 3 aromatic rings. The lowest BCUT2D eigenvalue weighted by molar-refractivity contribution is 1.49. The van der Waals surface area contributed by atoms with E-state index in [2.05, 4.69) is 16.4 Å². The molecule has 0 saturated carbocycles. The number of nitrogens with zero attached hydrogens (tertiary/aromatic N) is 1. The van der Waals surface area contributed by atoms with Crippen LogP contribution < -0.4 is 11.1 Å². The maximum atomic E-state index is 6.12. The summed E-state index contributed by atoms with van der Waals surface area (Å²) < 4.78 is 1.14. The third kappa shape index (κ3) is 2.12. The Morgan fingerprint density at radius 3 is 2.89 bits per heavy atom. The van der Waals surface area contributed by atoms with E-state index in [9.17, 15) is 0 Å². The second-order valence-corrected chi connectivity index (χ2v) is 5.19. The molecule has 0 unspecified atom stereocenters. The highest BCUT2D eigenvalue weighted by Crippen LogP contribution is 2.29. The maximum absolute atomic E-state index is 6.12. The zero-order chi connectivity index (χ0) is 12.5. The summed E-state index contributed by atoms with van der Waals surface area (Å²) in [5.41, 5.74) is 11.0. The first-order chi connectivity index (χ1) is 8.72. The predicted octanol–water partition coefficient (Wildman–Crippen LogP) is 4.28. The third-order valence-corrected chi connectivity index (χ3v) is 3.71. The Hall–Kier alpha value is -1.78. The minimum atomic E-state index is 0.611. The van der Waals surface area contributed by atoms with Gasteiger partial charge in [0.2, 0.25) is 0 Å². The number of hydrogen-bond acceptors (Lipinski definition) is 4. The molecule has 0 atom stereocenters. The van der Waals surface area contributed by atoms with Gasteiger partial charge >= 0.3 is 0 Å². The lowest BCUT2D eigenvalue weighted by Gasteiger charge is -2.08. The molecular weight excluding hydrogens is 266 g/mol. The summed E-state index contributed by atoms with van der Waals surface area (Å²) >= 11 is 7.74. The Labute approximate surface area is 113 Å². The Bertz CT molecular complexity index is 708. The second kappa shape index (κ2) is 4.48. The van der Waals surface area contributed by atoms with Crippen LogP contribution in [-0.4, -0.2) is 4.98 Å². The number of nitrogens with two attached hydrogens (primary N) is 1. The number of anilines is 3. The van der Waals surface area contributed by atoms with Crippen molar-refractivity contribution in [1.82, 2.24) is 4.98 Å². The Morgan fingerprint density at radius 2 is 2.06 bits per heavy atom. The van der Waals surface area contributed by atoms with Crippen LogP contribution in [0.4, 0.5) is 17.1 Å². The lowest BCUT2D eigenvalue weighted by atomic mass is 10.2. The van der Waals surface area contributed by atoms with Crippen molar-refractivity contribution < 1.29 is 0 Å². The van der Waals surface area contributed by atoms with Crippen LogP contribution >= 0.6 is 22.9 Å². The Morgan fingerprint density at radius 1 is 1.17 bits per heavy atom. The summed E-state index contributed by atoms with van der Waals surface area (Å²) in [4.78, 5) is 4.24. The SMILES string of the molecule is Nc1ccc(Nc2ccc3ncsc3c2)c(Cl)c1. The molecule has 3 nitrogen and oxygen atoms in total. The Balaban J connectivity index is 1.95. The van der Waals surface area contributed by atoms with Crippen LogP contribution in [0.15, 0.2) is 41.9 Å². The van der Waals surface area contributed by atoms with E-state index < -0.39 is 0 Å². The van der Waals surface area contributed by atoms with Crippen molar-refractivity contribution in [3.63, 3.8) is 0 Å². The van der Waals surface area contributed by atoms with E-state index in [1.54, 1.807) is 17.4 Å². The van der Waals surface area contributed by atoms with Gasteiger partial charge in [0.1, 0.15) is 0 Å². The van der Waals surface area contributed by atoms with Crippen molar-refractivity contribution in [3.8, 4) is 0 Å². The number of fused-ring (bicyclic) bond motifs is 1. The molecule has 0 aliphatic rings. The van der Waals surface area contributed by atoms with Gasteiger partial charge < -0.3 is 11.1 Å². The number of aromatic nitrogens is 1. The average molecular weight is 276 g/mol. The first-order valence-corrected chi connectivity index (χ1v) is 6.63. The van der Waals surface area contributed by atoms with Crippen LogP contribution in [0.5, 0.6) is 0 Å². The number of nitrogen functional groups attached to an aromatic ring is 1. The summed E-state index contributed by atoms with van der Waals surface area (Å²) in [5.74, 6) is 0. The predicted molar refractivity (Wildman–Crippen MR) is 78.8 cm³/mol. The van der Waals surface area contributed by atoms with Crippen molar-refractivity contribution >= 4 is 50.2 Å². The summed E-state index contributed by atoms with van der Waals surface area (Å²) in [7, 11) is 0. The molecular formula is C13H10ClN3S. The smallest absolute Gasteiger partial charge is 0.0813 e. The van der Waals surface area contributed by atoms with Crippen molar-refractivity contribution in [1.29, 1.82) is 0 Å². The van der Waals surface area contributed by atoms with Gasteiger partial charge in [-0.2, -0.15) is 0 Å². The second-order valence-electron chi connectivity index (χ2n) is 3.90. The number of thiazole rings is 1. The van der Waals surface area contributed by atoms with E-state index in [0.29, 0.717) is 10.7 Å². The van der Waals surface area contributed by atoms with E-state index in [4.69, 9.17) is 17.3 Å².